The lowest BCUT2D eigenvalue weighted by molar-refractivity contribution is -0.343. The minimum absolute atomic E-state index is 0.160. The van der Waals surface area contributed by atoms with Crippen molar-refractivity contribution in [3.63, 3.8) is 0 Å². The molecule has 0 aliphatic rings. The van der Waals surface area contributed by atoms with Crippen molar-refractivity contribution in [3.8, 4) is 0 Å². The van der Waals surface area contributed by atoms with E-state index in [1.165, 1.54) is 23.7 Å². The van der Waals surface area contributed by atoms with Crippen molar-refractivity contribution >= 4 is 17.5 Å². The molecule has 0 saturated heterocycles. The number of halogens is 7. The normalized spacial score (nSPS) is 12.7. The van der Waals surface area contributed by atoms with Gasteiger partial charge >= 0.3 is 23.9 Å². The topological polar surface area (TPSA) is 89.2 Å². The first-order valence-electron chi connectivity index (χ1n) is 7.25. The third-order valence-corrected chi connectivity index (χ3v) is 3.44. The van der Waals surface area contributed by atoms with Gasteiger partial charge in [0.2, 0.25) is 0 Å². The van der Waals surface area contributed by atoms with Crippen molar-refractivity contribution in [2.45, 2.75) is 24.6 Å². The second-order valence-electron chi connectivity index (χ2n) is 5.39. The van der Waals surface area contributed by atoms with Crippen LogP contribution in [0.15, 0.2) is 29.0 Å². The Morgan fingerprint density at radius 2 is 1.82 bits per heavy atom. The van der Waals surface area contributed by atoms with Crippen LogP contribution in [0, 0.1) is 0 Å². The number of furan rings is 1. The Balaban J connectivity index is 2.21. The molecule has 0 spiro atoms. The molecule has 0 saturated carbocycles. The summed E-state index contributed by atoms with van der Waals surface area (Å²) in [5.74, 6) is -16.4. The summed E-state index contributed by atoms with van der Waals surface area (Å²) in [6.45, 7) is -0.160. The first-order chi connectivity index (χ1) is 12.8. The highest BCUT2D eigenvalue weighted by molar-refractivity contribution is 6.04. The van der Waals surface area contributed by atoms with E-state index in [9.17, 15) is 40.3 Å². The summed E-state index contributed by atoms with van der Waals surface area (Å²) >= 11 is 0. The SMILES string of the molecule is Cn1ncc(NC(=O)C(F)(F)C(F)(F)C(F)(F)F)c1C(=O)NCc1ccco1. The minimum atomic E-state index is -6.67. The van der Waals surface area contributed by atoms with Crippen molar-refractivity contribution in [2.24, 2.45) is 7.05 Å². The first-order valence-corrected chi connectivity index (χ1v) is 7.25. The van der Waals surface area contributed by atoms with Crippen LogP contribution in [0.4, 0.5) is 36.4 Å². The van der Waals surface area contributed by atoms with Gasteiger partial charge in [0.15, 0.2) is 0 Å². The lowest BCUT2D eigenvalue weighted by atomic mass is 10.1. The second kappa shape index (κ2) is 7.16. The summed E-state index contributed by atoms with van der Waals surface area (Å²) in [4.78, 5) is 23.6. The van der Waals surface area contributed by atoms with Gasteiger partial charge in [-0.15, -0.1) is 0 Å². The molecule has 2 aromatic rings. The fourth-order valence-electron chi connectivity index (χ4n) is 1.98. The molecule has 2 rings (SSSR count). The molecule has 0 aromatic carbocycles. The maximum atomic E-state index is 13.4. The fourth-order valence-corrected chi connectivity index (χ4v) is 1.98. The molecule has 2 amide bonds. The zero-order valence-corrected chi connectivity index (χ0v) is 13.8. The number of carbonyl (C=O) groups is 2. The lowest BCUT2D eigenvalue weighted by Crippen LogP contribution is -2.57. The van der Waals surface area contributed by atoms with Gasteiger partial charge in [0.1, 0.15) is 11.5 Å². The summed E-state index contributed by atoms with van der Waals surface area (Å²) in [5, 5.41) is 6.95. The van der Waals surface area contributed by atoms with E-state index in [2.05, 4.69) is 10.4 Å². The van der Waals surface area contributed by atoms with Gasteiger partial charge in [-0.2, -0.15) is 35.8 Å². The molecule has 7 nitrogen and oxygen atoms in total. The molecule has 0 unspecified atom stereocenters. The van der Waals surface area contributed by atoms with Gasteiger partial charge in [-0.05, 0) is 12.1 Å². The van der Waals surface area contributed by atoms with E-state index in [1.54, 1.807) is 0 Å². The predicted octanol–water partition coefficient (Wildman–Crippen LogP) is 2.71. The van der Waals surface area contributed by atoms with Gasteiger partial charge in [0.25, 0.3) is 5.91 Å². The lowest BCUT2D eigenvalue weighted by Gasteiger charge is -2.26. The quantitative estimate of drug-likeness (QED) is 0.709. The number of hydrogen-bond donors (Lipinski definition) is 2. The van der Waals surface area contributed by atoms with Crippen LogP contribution in [0.2, 0.25) is 0 Å². The molecule has 0 atom stereocenters. The van der Waals surface area contributed by atoms with Gasteiger partial charge in [0.05, 0.1) is 24.7 Å². The average molecular weight is 416 g/mol. The van der Waals surface area contributed by atoms with E-state index in [1.807, 2.05) is 0 Å². The molecule has 0 radical (unpaired) electrons. The van der Waals surface area contributed by atoms with E-state index in [-0.39, 0.29) is 6.54 Å². The van der Waals surface area contributed by atoms with Crippen molar-refractivity contribution in [1.82, 2.24) is 15.1 Å². The molecule has 2 heterocycles. The maximum Gasteiger partial charge on any atom is 0.460 e. The van der Waals surface area contributed by atoms with Gasteiger partial charge in [-0.25, -0.2) is 0 Å². The number of rotatable bonds is 6. The Hall–Kier alpha value is -3.06. The number of hydrogen-bond acceptors (Lipinski definition) is 4. The first kappa shape index (κ1) is 21.2. The zero-order chi connectivity index (χ0) is 21.3. The highest BCUT2D eigenvalue weighted by atomic mass is 19.4. The van der Waals surface area contributed by atoms with Gasteiger partial charge < -0.3 is 15.1 Å². The number of nitrogens with one attached hydrogen (secondary N) is 2. The van der Waals surface area contributed by atoms with Crippen LogP contribution in [0.5, 0.6) is 0 Å². The average Bonchev–Trinajstić information content (AvgIpc) is 3.21. The standard InChI is InChI=1S/C14H11F7N4O3/c1-25-9(10(26)22-5-7-3-2-4-28-7)8(6-23-25)24-11(27)12(15,16)13(17,18)14(19,20)21/h2-4,6H,5H2,1H3,(H,22,26)(H,24,27). The molecular formula is C14H11F7N4O3. The third kappa shape index (κ3) is 3.80. The van der Waals surface area contributed by atoms with Crippen molar-refractivity contribution in [1.29, 1.82) is 0 Å². The van der Waals surface area contributed by atoms with Gasteiger partial charge in [-0.3, -0.25) is 14.3 Å². The molecule has 0 bridgehead atoms. The van der Waals surface area contributed by atoms with Crippen molar-refractivity contribution in [3.05, 3.63) is 36.0 Å². The van der Waals surface area contributed by atoms with E-state index in [4.69, 9.17) is 4.42 Å². The Morgan fingerprint density at radius 1 is 1.18 bits per heavy atom. The number of aryl methyl sites for hydroxylation is 1. The number of anilines is 1. The Morgan fingerprint density at radius 3 is 2.36 bits per heavy atom. The largest absolute Gasteiger partial charge is 0.467 e. The highest BCUT2D eigenvalue weighted by Crippen LogP contribution is 2.46. The monoisotopic (exact) mass is 416 g/mol. The van der Waals surface area contributed by atoms with Crippen molar-refractivity contribution in [2.75, 3.05) is 5.32 Å². The van der Waals surface area contributed by atoms with Crippen LogP contribution in [0.25, 0.3) is 0 Å². The third-order valence-electron chi connectivity index (χ3n) is 3.44. The molecule has 14 heteroatoms. The summed E-state index contributed by atoms with van der Waals surface area (Å²) in [7, 11) is 1.15. The Kier molecular flexibility index (Phi) is 5.43. The second-order valence-corrected chi connectivity index (χ2v) is 5.39. The molecular weight excluding hydrogens is 405 g/mol. The summed E-state index contributed by atoms with van der Waals surface area (Å²) in [6, 6.07) is 3.01. The molecule has 2 aromatic heterocycles. The molecule has 0 fully saturated rings. The van der Waals surface area contributed by atoms with E-state index < -0.39 is 41.2 Å². The van der Waals surface area contributed by atoms with Gasteiger partial charge in [0, 0.05) is 7.05 Å². The Bertz CT molecular complexity index is 859. The van der Waals surface area contributed by atoms with Gasteiger partial charge in [-0.1, -0.05) is 0 Å². The molecule has 28 heavy (non-hydrogen) atoms. The van der Waals surface area contributed by atoms with E-state index in [0.29, 0.717) is 12.0 Å². The number of amides is 2. The number of alkyl halides is 7. The summed E-state index contributed by atoms with van der Waals surface area (Å²) in [5.41, 5.74) is -1.35. The molecule has 154 valence electrons. The van der Waals surface area contributed by atoms with Crippen LogP contribution in [-0.2, 0) is 18.4 Å². The molecule has 0 aliphatic carbocycles. The molecule has 0 aliphatic heterocycles. The summed E-state index contributed by atoms with van der Waals surface area (Å²) in [6.07, 6.45) is -4.73. The van der Waals surface area contributed by atoms with Crippen LogP contribution in [-0.4, -0.2) is 39.6 Å². The van der Waals surface area contributed by atoms with E-state index >= 15 is 0 Å². The fraction of sp³-hybridized carbons (Fsp3) is 0.357. The predicted molar refractivity (Wildman–Crippen MR) is 77.7 cm³/mol. The molecule has 2 N–H and O–H groups in total. The summed E-state index contributed by atoms with van der Waals surface area (Å²) < 4.78 is 95.0. The minimum Gasteiger partial charge on any atom is -0.467 e. The van der Waals surface area contributed by atoms with Crippen molar-refractivity contribution < 1.29 is 44.7 Å². The van der Waals surface area contributed by atoms with Crippen LogP contribution < -0.4 is 10.6 Å². The van der Waals surface area contributed by atoms with Crippen LogP contribution in [0.3, 0.4) is 0 Å². The Labute approximate surface area is 151 Å². The highest BCUT2D eigenvalue weighted by Gasteiger charge is 2.76. The number of nitrogens with zero attached hydrogens (tertiary/aromatic N) is 2. The zero-order valence-electron chi connectivity index (χ0n) is 13.8. The number of carbonyl (C=O) groups excluding carboxylic acids is 2. The van der Waals surface area contributed by atoms with E-state index in [0.717, 1.165) is 11.7 Å². The smallest absolute Gasteiger partial charge is 0.460 e. The van der Waals surface area contributed by atoms with Crippen LogP contribution in [0.1, 0.15) is 16.2 Å². The van der Waals surface area contributed by atoms with Crippen LogP contribution >= 0.6 is 0 Å². The number of aromatic nitrogens is 2. The maximum absolute atomic E-state index is 13.4.